The largest absolute Gasteiger partial charge is 0.457 e. The van der Waals surface area contributed by atoms with E-state index < -0.39 is 6.30 Å². The normalized spacial score (nSPS) is 11.7. The van der Waals surface area contributed by atoms with Crippen LogP contribution in [0.15, 0.2) is 24.3 Å². The molecular weight excluding hydrogens is 191 g/mol. The van der Waals surface area contributed by atoms with E-state index in [9.17, 15) is 13.2 Å². The molecule has 1 N–H and O–H groups in total. The number of nitrogens with one attached hydrogen (secondary N) is 1. The van der Waals surface area contributed by atoms with Crippen LogP contribution in [0.25, 0.3) is 0 Å². The van der Waals surface area contributed by atoms with Gasteiger partial charge in [0.15, 0.2) is 0 Å². The molecule has 4 heteroatoms. The van der Waals surface area contributed by atoms with Crippen molar-refractivity contribution < 1.29 is 13.2 Å². The smallest absolute Gasteiger partial charge is 0.224 e. The lowest BCUT2D eigenvalue weighted by atomic mass is 10.1. The molecule has 1 aromatic rings. The van der Waals surface area contributed by atoms with E-state index in [0.29, 0.717) is 5.56 Å². The molecular formula is C10H12F3N. The second kappa shape index (κ2) is 4.46. The molecule has 0 aromatic heterocycles. The van der Waals surface area contributed by atoms with Crippen molar-refractivity contribution in [3.8, 4) is 0 Å². The van der Waals surface area contributed by atoms with Crippen molar-refractivity contribution in [2.45, 2.75) is 26.2 Å². The van der Waals surface area contributed by atoms with Gasteiger partial charge >= 0.3 is 6.30 Å². The maximum absolute atomic E-state index is 11.8. The summed E-state index contributed by atoms with van der Waals surface area (Å²) in [6.07, 6.45) is -3.41. The SMILES string of the molecule is CCc1ccc(CNC(F)(F)F)cc1. The van der Waals surface area contributed by atoms with Crippen molar-refractivity contribution in [2.24, 2.45) is 0 Å². The highest BCUT2D eigenvalue weighted by molar-refractivity contribution is 5.22. The Labute approximate surface area is 80.9 Å². The third-order valence-corrected chi connectivity index (χ3v) is 1.92. The van der Waals surface area contributed by atoms with Gasteiger partial charge in [-0.15, -0.1) is 0 Å². The van der Waals surface area contributed by atoms with Crippen LogP contribution in [0.2, 0.25) is 0 Å². The van der Waals surface area contributed by atoms with E-state index in [4.69, 9.17) is 0 Å². The summed E-state index contributed by atoms with van der Waals surface area (Å²) in [6, 6.07) is 7.09. The van der Waals surface area contributed by atoms with Crippen molar-refractivity contribution in [2.75, 3.05) is 0 Å². The van der Waals surface area contributed by atoms with Crippen molar-refractivity contribution >= 4 is 0 Å². The summed E-state index contributed by atoms with van der Waals surface area (Å²) >= 11 is 0. The maximum atomic E-state index is 11.8. The predicted octanol–water partition coefficient (Wildman–Crippen LogP) is 2.86. The molecule has 0 aliphatic rings. The second-order valence-corrected chi connectivity index (χ2v) is 3.02. The molecule has 0 spiro atoms. The van der Waals surface area contributed by atoms with Crippen LogP contribution < -0.4 is 5.32 Å². The van der Waals surface area contributed by atoms with E-state index in [1.54, 1.807) is 12.1 Å². The van der Waals surface area contributed by atoms with Crippen LogP contribution in [0.4, 0.5) is 13.2 Å². The molecule has 1 aromatic carbocycles. The molecule has 0 bridgehead atoms. The summed E-state index contributed by atoms with van der Waals surface area (Å²) in [5.74, 6) is 0. The molecule has 0 unspecified atom stereocenters. The van der Waals surface area contributed by atoms with Gasteiger partial charge < -0.3 is 0 Å². The summed E-state index contributed by atoms with van der Waals surface area (Å²) in [4.78, 5) is 0. The zero-order valence-electron chi connectivity index (χ0n) is 7.86. The first-order chi connectivity index (χ1) is 6.51. The highest BCUT2D eigenvalue weighted by Gasteiger charge is 2.25. The van der Waals surface area contributed by atoms with Crippen LogP contribution in [0.1, 0.15) is 18.1 Å². The molecule has 0 aliphatic heterocycles. The second-order valence-electron chi connectivity index (χ2n) is 3.02. The fourth-order valence-corrected chi connectivity index (χ4v) is 1.10. The van der Waals surface area contributed by atoms with Gasteiger partial charge in [-0.1, -0.05) is 31.2 Å². The molecule has 0 fully saturated rings. The van der Waals surface area contributed by atoms with Gasteiger partial charge in [0.1, 0.15) is 0 Å². The third kappa shape index (κ3) is 3.79. The molecule has 0 amide bonds. The Morgan fingerprint density at radius 2 is 1.57 bits per heavy atom. The van der Waals surface area contributed by atoms with Crippen molar-refractivity contribution in [3.05, 3.63) is 35.4 Å². The summed E-state index contributed by atoms with van der Waals surface area (Å²) in [5.41, 5.74) is 1.76. The Kier molecular flexibility index (Phi) is 3.52. The Bertz CT molecular complexity index is 276. The molecule has 78 valence electrons. The Hall–Kier alpha value is -1.03. The van der Waals surface area contributed by atoms with Crippen LogP contribution in [-0.2, 0) is 13.0 Å². The van der Waals surface area contributed by atoms with Crippen LogP contribution in [0.3, 0.4) is 0 Å². The lowest BCUT2D eigenvalue weighted by Gasteiger charge is -2.08. The summed E-state index contributed by atoms with van der Waals surface area (Å²) in [7, 11) is 0. The standard InChI is InChI=1S/C10H12F3N/c1-2-8-3-5-9(6-4-8)7-14-10(11,12)13/h3-6,14H,2,7H2,1H3. The molecule has 0 radical (unpaired) electrons. The van der Waals surface area contributed by atoms with E-state index in [0.717, 1.165) is 12.0 Å². The van der Waals surface area contributed by atoms with Gasteiger partial charge in [-0.3, -0.25) is 0 Å². The molecule has 0 atom stereocenters. The molecule has 0 heterocycles. The van der Waals surface area contributed by atoms with Gasteiger partial charge in [0.25, 0.3) is 0 Å². The minimum absolute atomic E-state index is 0.173. The minimum atomic E-state index is -4.30. The van der Waals surface area contributed by atoms with Gasteiger partial charge in [0.2, 0.25) is 0 Å². The van der Waals surface area contributed by atoms with Crippen LogP contribution in [0, 0.1) is 0 Å². The highest BCUT2D eigenvalue weighted by Crippen LogP contribution is 2.12. The van der Waals surface area contributed by atoms with Crippen molar-refractivity contribution in [1.29, 1.82) is 0 Å². The number of hydrogen-bond acceptors (Lipinski definition) is 1. The number of benzene rings is 1. The average molecular weight is 203 g/mol. The van der Waals surface area contributed by atoms with Gasteiger partial charge in [0.05, 0.1) is 0 Å². The molecule has 1 rings (SSSR count). The highest BCUT2D eigenvalue weighted by atomic mass is 19.4. The lowest BCUT2D eigenvalue weighted by molar-refractivity contribution is -0.158. The first-order valence-electron chi connectivity index (χ1n) is 4.41. The van der Waals surface area contributed by atoms with Gasteiger partial charge in [-0.2, -0.15) is 13.2 Å². The predicted molar refractivity (Wildman–Crippen MR) is 48.7 cm³/mol. The van der Waals surface area contributed by atoms with Gasteiger partial charge in [-0.05, 0) is 17.5 Å². The Morgan fingerprint density at radius 3 is 2.00 bits per heavy atom. The first-order valence-corrected chi connectivity index (χ1v) is 4.41. The number of hydrogen-bond donors (Lipinski definition) is 1. The average Bonchev–Trinajstić information content (AvgIpc) is 2.14. The Morgan fingerprint density at radius 1 is 1.07 bits per heavy atom. The fourth-order valence-electron chi connectivity index (χ4n) is 1.10. The molecule has 0 saturated carbocycles. The molecule has 1 nitrogen and oxygen atoms in total. The summed E-state index contributed by atoms with van der Waals surface area (Å²) in [5, 5.41) is 1.48. The van der Waals surface area contributed by atoms with Crippen molar-refractivity contribution in [3.63, 3.8) is 0 Å². The van der Waals surface area contributed by atoms with Gasteiger partial charge in [0, 0.05) is 6.54 Å². The van der Waals surface area contributed by atoms with Crippen LogP contribution in [0.5, 0.6) is 0 Å². The van der Waals surface area contributed by atoms with E-state index >= 15 is 0 Å². The van der Waals surface area contributed by atoms with E-state index in [1.807, 2.05) is 19.1 Å². The summed E-state index contributed by atoms with van der Waals surface area (Å²) < 4.78 is 35.3. The van der Waals surface area contributed by atoms with Gasteiger partial charge in [-0.25, -0.2) is 5.32 Å². The number of alkyl halides is 3. The lowest BCUT2D eigenvalue weighted by Crippen LogP contribution is -2.30. The zero-order valence-corrected chi connectivity index (χ0v) is 7.86. The topological polar surface area (TPSA) is 12.0 Å². The van der Waals surface area contributed by atoms with Crippen molar-refractivity contribution in [1.82, 2.24) is 5.32 Å². The number of halogens is 3. The maximum Gasteiger partial charge on any atom is 0.457 e. The minimum Gasteiger partial charge on any atom is -0.224 e. The Balaban J connectivity index is 2.52. The monoisotopic (exact) mass is 203 g/mol. The molecule has 0 saturated heterocycles. The molecule has 14 heavy (non-hydrogen) atoms. The quantitative estimate of drug-likeness (QED) is 0.745. The number of rotatable bonds is 3. The van der Waals surface area contributed by atoms with E-state index in [2.05, 4.69) is 0 Å². The molecule has 0 aliphatic carbocycles. The van der Waals surface area contributed by atoms with E-state index in [-0.39, 0.29) is 6.54 Å². The fraction of sp³-hybridized carbons (Fsp3) is 0.400. The van der Waals surface area contributed by atoms with Crippen LogP contribution in [-0.4, -0.2) is 6.30 Å². The third-order valence-electron chi connectivity index (χ3n) is 1.92. The number of aryl methyl sites for hydroxylation is 1. The summed E-state index contributed by atoms with van der Waals surface area (Å²) in [6.45, 7) is 1.83. The zero-order chi connectivity index (χ0) is 10.6. The van der Waals surface area contributed by atoms with E-state index in [1.165, 1.54) is 5.32 Å². The van der Waals surface area contributed by atoms with Crippen LogP contribution >= 0.6 is 0 Å². The first kappa shape index (κ1) is 11.0.